The number of para-hydroxylation sites is 1. The van der Waals surface area contributed by atoms with Crippen molar-refractivity contribution in [2.75, 3.05) is 20.1 Å². The maximum Gasteiger partial charge on any atom is 0.257 e. The molecule has 0 spiro atoms. The van der Waals surface area contributed by atoms with Crippen molar-refractivity contribution in [2.24, 2.45) is 0 Å². The van der Waals surface area contributed by atoms with Gasteiger partial charge < -0.3 is 19.5 Å². The number of hydrogen-bond acceptors (Lipinski definition) is 5. The molecule has 1 fully saturated rings. The van der Waals surface area contributed by atoms with E-state index in [1.54, 1.807) is 4.90 Å². The van der Waals surface area contributed by atoms with Gasteiger partial charge in [-0.15, -0.1) is 0 Å². The summed E-state index contributed by atoms with van der Waals surface area (Å²) in [5.74, 6) is 1.31. The molecule has 128 valence electrons. The smallest absolute Gasteiger partial charge is 0.257 e. The Balaban J connectivity index is 1.76. The molecule has 24 heavy (non-hydrogen) atoms. The predicted octanol–water partition coefficient (Wildman–Crippen LogP) is 2.30. The quantitative estimate of drug-likeness (QED) is 0.912. The van der Waals surface area contributed by atoms with Gasteiger partial charge in [0.25, 0.3) is 5.91 Å². The van der Waals surface area contributed by atoms with Crippen LogP contribution < -0.4 is 10.1 Å². The second-order valence-corrected chi connectivity index (χ2v) is 6.15. The SMILES string of the molecule is Cc1noc(C)c1COc1ccccc1C(=O)N(C)C1CCNC1. The van der Waals surface area contributed by atoms with Gasteiger partial charge >= 0.3 is 0 Å². The zero-order chi connectivity index (χ0) is 17.1. The van der Waals surface area contributed by atoms with Crippen molar-refractivity contribution in [3.63, 3.8) is 0 Å². The predicted molar refractivity (Wildman–Crippen MR) is 90.1 cm³/mol. The molecule has 6 heteroatoms. The Morgan fingerprint density at radius 3 is 2.88 bits per heavy atom. The van der Waals surface area contributed by atoms with Crippen molar-refractivity contribution in [2.45, 2.75) is 32.9 Å². The van der Waals surface area contributed by atoms with E-state index in [9.17, 15) is 4.79 Å². The third-order valence-electron chi connectivity index (χ3n) is 4.57. The molecule has 6 nitrogen and oxygen atoms in total. The molecule has 2 heterocycles. The molecule has 3 rings (SSSR count). The molecule has 0 saturated carbocycles. The average molecular weight is 329 g/mol. The Bertz CT molecular complexity index is 701. The molecule has 1 N–H and O–H groups in total. The van der Waals surface area contributed by atoms with Gasteiger partial charge in [0.2, 0.25) is 0 Å². The monoisotopic (exact) mass is 329 g/mol. The maximum absolute atomic E-state index is 12.8. The van der Waals surface area contributed by atoms with Gasteiger partial charge in [0.1, 0.15) is 18.1 Å². The number of ether oxygens (including phenoxy) is 1. The molecule has 1 unspecified atom stereocenters. The Labute approximate surface area is 141 Å². The van der Waals surface area contributed by atoms with Gasteiger partial charge in [-0.3, -0.25) is 4.79 Å². The largest absolute Gasteiger partial charge is 0.488 e. The van der Waals surface area contributed by atoms with E-state index in [-0.39, 0.29) is 11.9 Å². The van der Waals surface area contributed by atoms with Crippen molar-refractivity contribution in [1.82, 2.24) is 15.4 Å². The highest BCUT2D eigenvalue weighted by atomic mass is 16.5. The van der Waals surface area contributed by atoms with Crippen LogP contribution in [-0.4, -0.2) is 42.1 Å². The molecule has 1 aromatic carbocycles. The van der Waals surface area contributed by atoms with E-state index < -0.39 is 0 Å². The topological polar surface area (TPSA) is 67.6 Å². The molecular formula is C18H23N3O3. The van der Waals surface area contributed by atoms with Crippen LogP contribution in [0, 0.1) is 13.8 Å². The normalized spacial score (nSPS) is 17.0. The highest BCUT2D eigenvalue weighted by Gasteiger charge is 2.26. The average Bonchev–Trinajstić information content (AvgIpc) is 3.23. The van der Waals surface area contributed by atoms with E-state index in [0.717, 1.165) is 36.5 Å². The van der Waals surface area contributed by atoms with Gasteiger partial charge in [0.15, 0.2) is 0 Å². The molecule has 0 aliphatic carbocycles. The summed E-state index contributed by atoms with van der Waals surface area (Å²) in [5.41, 5.74) is 2.31. The van der Waals surface area contributed by atoms with E-state index in [4.69, 9.17) is 9.26 Å². The minimum absolute atomic E-state index is 0.0157. The van der Waals surface area contributed by atoms with Gasteiger partial charge in [0.05, 0.1) is 16.8 Å². The van der Waals surface area contributed by atoms with Gasteiger partial charge in [-0.25, -0.2) is 0 Å². The number of nitrogens with zero attached hydrogens (tertiary/aromatic N) is 2. The first kappa shape index (κ1) is 16.5. The molecule has 0 bridgehead atoms. The van der Waals surface area contributed by atoms with Crippen LogP contribution in [0.4, 0.5) is 0 Å². The maximum atomic E-state index is 12.8. The minimum Gasteiger partial charge on any atom is -0.488 e. The van der Waals surface area contributed by atoms with Crippen molar-refractivity contribution < 1.29 is 14.1 Å². The van der Waals surface area contributed by atoms with Crippen LogP contribution >= 0.6 is 0 Å². The Kier molecular flexibility index (Phi) is 4.85. The van der Waals surface area contributed by atoms with Gasteiger partial charge in [-0.1, -0.05) is 17.3 Å². The van der Waals surface area contributed by atoms with E-state index >= 15 is 0 Å². The highest BCUT2D eigenvalue weighted by Crippen LogP contribution is 2.23. The Hall–Kier alpha value is -2.34. The first-order valence-corrected chi connectivity index (χ1v) is 8.19. The number of nitrogens with one attached hydrogen (secondary N) is 1. The van der Waals surface area contributed by atoms with E-state index in [1.807, 2.05) is 45.2 Å². The number of rotatable bonds is 5. The van der Waals surface area contributed by atoms with Crippen molar-refractivity contribution in [3.8, 4) is 5.75 Å². The van der Waals surface area contributed by atoms with E-state index in [0.29, 0.717) is 17.9 Å². The Morgan fingerprint density at radius 2 is 2.21 bits per heavy atom. The van der Waals surface area contributed by atoms with Crippen LogP contribution in [0.1, 0.15) is 33.8 Å². The second kappa shape index (κ2) is 7.05. The number of hydrogen-bond donors (Lipinski definition) is 1. The zero-order valence-corrected chi connectivity index (χ0v) is 14.3. The van der Waals surface area contributed by atoms with Crippen LogP contribution in [0.5, 0.6) is 5.75 Å². The van der Waals surface area contributed by atoms with Crippen molar-refractivity contribution in [3.05, 3.63) is 46.8 Å². The molecule has 1 saturated heterocycles. The van der Waals surface area contributed by atoms with Crippen LogP contribution in [0.3, 0.4) is 0 Å². The fraction of sp³-hybridized carbons (Fsp3) is 0.444. The lowest BCUT2D eigenvalue weighted by Crippen LogP contribution is -2.38. The number of carbonyl (C=O) groups is 1. The van der Waals surface area contributed by atoms with E-state index in [1.165, 1.54) is 0 Å². The summed E-state index contributed by atoms with van der Waals surface area (Å²) in [4.78, 5) is 14.6. The van der Waals surface area contributed by atoms with Gasteiger partial charge in [-0.05, 0) is 38.9 Å². The molecule has 1 aromatic heterocycles. The minimum atomic E-state index is -0.0157. The Morgan fingerprint density at radius 1 is 1.42 bits per heavy atom. The lowest BCUT2D eigenvalue weighted by Gasteiger charge is -2.24. The molecule has 1 atom stereocenters. The summed E-state index contributed by atoms with van der Waals surface area (Å²) in [5, 5.41) is 7.22. The molecule has 0 radical (unpaired) electrons. The first-order chi connectivity index (χ1) is 11.6. The van der Waals surface area contributed by atoms with E-state index in [2.05, 4.69) is 10.5 Å². The molecule has 1 aliphatic heterocycles. The lowest BCUT2D eigenvalue weighted by atomic mass is 10.1. The van der Waals surface area contributed by atoms with Gasteiger partial charge in [-0.2, -0.15) is 0 Å². The zero-order valence-electron chi connectivity index (χ0n) is 14.3. The third-order valence-corrected chi connectivity index (χ3v) is 4.57. The second-order valence-electron chi connectivity index (χ2n) is 6.15. The van der Waals surface area contributed by atoms with Crippen LogP contribution in [0.2, 0.25) is 0 Å². The summed E-state index contributed by atoms with van der Waals surface area (Å²) < 4.78 is 11.1. The summed E-state index contributed by atoms with van der Waals surface area (Å²) in [6.07, 6.45) is 0.977. The third kappa shape index (κ3) is 3.28. The number of carbonyl (C=O) groups excluding carboxylic acids is 1. The number of aromatic nitrogens is 1. The lowest BCUT2D eigenvalue weighted by molar-refractivity contribution is 0.0739. The summed E-state index contributed by atoms with van der Waals surface area (Å²) in [7, 11) is 1.85. The number of benzene rings is 1. The first-order valence-electron chi connectivity index (χ1n) is 8.19. The number of likely N-dealkylation sites (N-methyl/N-ethyl adjacent to an activating group) is 1. The van der Waals surface area contributed by atoms with Gasteiger partial charge in [0, 0.05) is 19.6 Å². The fourth-order valence-corrected chi connectivity index (χ4v) is 2.95. The number of amides is 1. The highest BCUT2D eigenvalue weighted by molar-refractivity contribution is 5.97. The standard InChI is InChI=1S/C18H23N3O3/c1-12-16(13(2)24-20-12)11-23-17-7-5-4-6-15(17)18(22)21(3)14-8-9-19-10-14/h4-7,14,19H,8-11H2,1-3H3. The number of aryl methyl sites for hydroxylation is 2. The molecule has 2 aromatic rings. The van der Waals surface area contributed by atoms with Crippen molar-refractivity contribution >= 4 is 5.91 Å². The van der Waals surface area contributed by atoms with Crippen LogP contribution in [0.15, 0.2) is 28.8 Å². The molecular weight excluding hydrogens is 306 g/mol. The fourth-order valence-electron chi connectivity index (χ4n) is 2.95. The van der Waals surface area contributed by atoms with Crippen molar-refractivity contribution in [1.29, 1.82) is 0 Å². The molecule has 1 amide bonds. The summed E-state index contributed by atoms with van der Waals surface area (Å²) in [6, 6.07) is 7.59. The summed E-state index contributed by atoms with van der Waals surface area (Å²) >= 11 is 0. The van der Waals surface area contributed by atoms with Crippen LogP contribution in [-0.2, 0) is 6.61 Å². The molecule has 1 aliphatic rings. The van der Waals surface area contributed by atoms with Crippen LogP contribution in [0.25, 0.3) is 0 Å². The summed E-state index contributed by atoms with van der Waals surface area (Å²) in [6.45, 7) is 5.86.